The maximum atomic E-state index is 13.5. The number of nitrogens with zero attached hydrogens (tertiary/aromatic N) is 2. The zero-order valence-corrected chi connectivity index (χ0v) is 17.3. The predicted molar refractivity (Wildman–Crippen MR) is 113 cm³/mol. The van der Waals surface area contributed by atoms with Crippen LogP contribution < -0.4 is 19.9 Å². The Balaban J connectivity index is 1.28. The van der Waals surface area contributed by atoms with Crippen molar-refractivity contribution in [1.29, 1.82) is 0 Å². The Labute approximate surface area is 179 Å². The van der Waals surface area contributed by atoms with E-state index in [2.05, 4.69) is 5.32 Å². The van der Waals surface area contributed by atoms with E-state index in [-0.39, 0.29) is 24.2 Å². The number of methoxy groups -OCH3 is 1. The first-order valence-corrected chi connectivity index (χ1v) is 10.4. The van der Waals surface area contributed by atoms with E-state index in [4.69, 9.17) is 4.74 Å². The SMILES string of the molecule is COc1ccc(N2CC(C(=O)NCC3CCN(c4ccc(F)c(F)c4)C3)CC2=O)cc1. The Bertz CT molecular complexity index is 967. The molecule has 2 saturated heterocycles. The van der Waals surface area contributed by atoms with Crippen molar-refractivity contribution in [1.82, 2.24) is 5.32 Å². The molecule has 2 fully saturated rings. The van der Waals surface area contributed by atoms with Crippen LogP contribution in [0.1, 0.15) is 12.8 Å². The molecule has 2 aliphatic rings. The smallest absolute Gasteiger partial charge is 0.227 e. The number of hydrogen-bond acceptors (Lipinski definition) is 4. The molecule has 0 bridgehead atoms. The lowest BCUT2D eigenvalue weighted by Crippen LogP contribution is -2.36. The maximum absolute atomic E-state index is 13.5. The van der Waals surface area contributed by atoms with Crippen molar-refractivity contribution in [2.75, 3.05) is 43.1 Å². The lowest BCUT2D eigenvalue weighted by molar-refractivity contribution is -0.126. The largest absolute Gasteiger partial charge is 0.497 e. The summed E-state index contributed by atoms with van der Waals surface area (Å²) < 4.78 is 31.8. The van der Waals surface area contributed by atoms with E-state index >= 15 is 0 Å². The average Bonchev–Trinajstić information content (AvgIpc) is 3.41. The number of anilines is 2. The topological polar surface area (TPSA) is 61.9 Å². The van der Waals surface area contributed by atoms with Gasteiger partial charge in [0.1, 0.15) is 5.75 Å². The van der Waals surface area contributed by atoms with Crippen LogP contribution in [-0.2, 0) is 9.59 Å². The Morgan fingerprint density at radius 3 is 2.55 bits per heavy atom. The second kappa shape index (κ2) is 8.91. The Kier molecular flexibility index (Phi) is 6.06. The van der Waals surface area contributed by atoms with Crippen LogP contribution in [0.25, 0.3) is 0 Å². The molecule has 0 radical (unpaired) electrons. The van der Waals surface area contributed by atoms with E-state index in [9.17, 15) is 18.4 Å². The highest BCUT2D eigenvalue weighted by Crippen LogP contribution is 2.28. The molecule has 31 heavy (non-hydrogen) atoms. The highest BCUT2D eigenvalue weighted by molar-refractivity contribution is 6.00. The van der Waals surface area contributed by atoms with Crippen molar-refractivity contribution in [3.05, 3.63) is 54.1 Å². The third-order valence-electron chi connectivity index (χ3n) is 6.00. The van der Waals surface area contributed by atoms with E-state index in [1.165, 1.54) is 6.07 Å². The quantitative estimate of drug-likeness (QED) is 0.767. The summed E-state index contributed by atoms with van der Waals surface area (Å²) >= 11 is 0. The van der Waals surface area contributed by atoms with Crippen molar-refractivity contribution in [2.24, 2.45) is 11.8 Å². The summed E-state index contributed by atoms with van der Waals surface area (Å²) in [6.07, 6.45) is 1.03. The molecule has 2 aliphatic heterocycles. The molecule has 0 aromatic heterocycles. The average molecular weight is 429 g/mol. The monoisotopic (exact) mass is 429 g/mol. The van der Waals surface area contributed by atoms with E-state index in [1.807, 2.05) is 17.0 Å². The molecule has 2 amide bonds. The van der Waals surface area contributed by atoms with E-state index in [1.54, 1.807) is 30.2 Å². The van der Waals surface area contributed by atoms with Crippen molar-refractivity contribution in [2.45, 2.75) is 12.8 Å². The molecule has 0 spiro atoms. The predicted octanol–water partition coefficient (Wildman–Crippen LogP) is 2.97. The van der Waals surface area contributed by atoms with Gasteiger partial charge in [0, 0.05) is 50.0 Å². The third-order valence-corrected chi connectivity index (χ3v) is 6.00. The molecule has 2 unspecified atom stereocenters. The van der Waals surface area contributed by atoms with Crippen LogP contribution in [0.5, 0.6) is 5.75 Å². The first-order chi connectivity index (χ1) is 14.9. The molecule has 4 rings (SSSR count). The van der Waals surface area contributed by atoms with E-state index in [0.29, 0.717) is 31.1 Å². The Morgan fingerprint density at radius 1 is 1.10 bits per heavy atom. The maximum Gasteiger partial charge on any atom is 0.227 e. The Morgan fingerprint density at radius 2 is 1.84 bits per heavy atom. The fraction of sp³-hybridized carbons (Fsp3) is 0.391. The van der Waals surface area contributed by atoms with Gasteiger partial charge in [-0.2, -0.15) is 0 Å². The first kappa shape index (κ1) is 21.1. The van der Waals surface area contributed by atoms with Crippen LogP contribution in [0.15, 0.2) is 42.5 Å². The summed E-state index contributed by atoms with van der Waals surface area (Å²) in [4.78, 5) is 28.7. The van der Waals surface area contributed by atoms with Gasteiger partial charge in [-0.3, -0.25) is 9.59 Å². The molecule has 1 N–H and O–H groups in total. The lowest BCUT2D eigenvalue weighted by atomic mass is 10.1. The van der Waals surface area contributed by atoms with Crippen molar-refractivity contribution < 1.29 is 23.1 Å². The Hall–Kier alpha value is -3.16. The van der Waals surface area contributed by atoms with Gasteiger partial charge >= 0.3 is 0 Å². The fourth-order valence-electron chi connectivity index (χ4n) is 4.20. The number of benzene rings is 2. The molecule has 164 valence electrons. The summed E-state index contributed by atoms with van der Waals surface area (Å²) in [5.41, 5.74) is 1.39. The van der Waals surface area contributed by atoms with E-state index in [0.717, 1.165) is 24.7 Å². The van der Waals surface area contributed by atoms with Gasteiger partial charge in [0.2, 0.25) is 11.8 Å². The van der Waals surface area contributed by atoms with Crippen LogP contribution >= 0.6 is 0 Å². The number of amides is 2. The minimum absolute atomic E-state index is 0.0734. The van der Waals surface area contributed by atoms with Crippen molar-refractivity contribution >= 4 is 23.2 Å². The van der Waals surface area contributed by atoms with Crippen LogP contribution in [-0.4, -0.2) is 45.1 Å². The summed E-state index contributed by atoms with van der Waals surface area (Å²) in [5, 5.41) is 2.97. The van der Waals surface area contributed by atoms with Crippen molar-refractivity contribution in [3.63, 3.8) is 0 Å². The van der Waals surface area contributed by atoms with Crippen molar-refractivity contribution in [3.8, 4) is 5.75 Å². The molecule has 0 aliphatic carbocycles. The van der Waals surface area contributed by atoms with Gasteiger partial charge in [0.15, 0.2) is 11.6 Å². The molecular formula is C23H25F2N3O3. The molecule has 2 heterocycles. The molecule has 2 aromatic rings. The van der Waals surface area contributed by atoms with Gasteiger partial charge < -0.3 is 19.9 Å². The van der Waals surface area contributed by atoms with Gasteiger partial charge in [-0.15, -0.1) is 0 Å². The number of rotatable bonds is 6. The van der Waals surface area contributed by atoms with Gasteiger partial charge in [-0.1, -0.05) is 0 Å². The number of halogens is 2. The van der Waals surface area contributed by atoms with Gasteiger partial charge in [-0.25, -0.2) is 8.78 Å². The number of nitrogens with one attached hydrogen (secondary N) is 1. The first-order valence-electron chi connectivity index (χ1n) is 10.4. The summed E-state index contributed by atoms with van der Waals surface area (Å²) in [6, 6.07) is 11.1. The van der Waals surface area contributed by atoms with Gasteiger partial charge in [0.05, 0.1) is 13.0 Å². The van der Waals surface area contributed by atoms with Crippen LogP contribution in [0.2, 0.25) is 0 Å². The lowest BCUT2D eigenvalue weighted by Gasteiger charge is -2.19. The number of carbonyl (C=O) groups is 2. The fourth-order valence-corrected chi connectivity index (χ4v) is 4.20. The van der Waals surface area contributed by atoms with Gasteiger partial charge in [0.25, 0.3) is 0 Å². The number of hydrogen-bond donors (Lipinski definition) is 1. The van der Waals surface area contributed by atoms with Crippen LogP contribution in [0, 0.1) is 23.5 Å². The molecule has 0 saturated carbocycles. The zero-order valence-electron chi connectivity index (χ0n) is 17.3. The molecule has 2 aromatic carbocycles. The standard InChI is InChI=1S/C23H25F2N3O3/c1-31-19-5-2-17(3-6-19)28-14-16(10-22(28)29)23(30)26-12-15-8-9-27(13-15)18-4-7-20(24)21(25)11-18/h2-7,11,15-16H,8-10,12-14H2,1H3,(H,26,30). The molecule has 8 heteroatoms. The summed E-state index contributed by atoms with van der Waals surface area (Å²) in [5.74, 6) is -1.39. The highest BCUT2D eigenvalue weighted by atomic mass is 19.2. The zero-order chi connectivity index (χ0) is 22.0. The molecule has 6 nitrogen and oxygen atoms in total. The van der Waals surface area contributed by atoms with Gasteiger partial charge in [-0.05, 0) is 48.7 Å². The second-order valence-corrected chi connectivity index (χ2v) is 8.05. The number of carbonyl (C=O) groups excluding carboxylic acids is 2. The summed E-state index contributed by atoms with van der Waals surface area (Å²) in [6.45, 7) is 2.22. The van der Waals surface area contributed by atoms with Crippen LogP contribution in [0.4, 0.5) is 20.2 Å². The number of ether oxygens (including phenoxy) is 1. The minimum atomic E-state index is -0.860. The normalized spacial score (nSPS) is 20.9. The van der Waals surface area contributed by atoms with Crippen LogP contribution in [0.3, 0.4) is 0 Å². The minimum Gasteiger partial charge on any atom is -0.497 e. The second-order valence-electron chi connectivity index (χ2n) is 8.05. The molecule has 2 atom stereocenters. The highest BCUT2D eigenvalue weighted by Gasteiger charge is 2.35. The van der Waals surface area contributed by atoms with E-state index < -0.39 is 17.6 Å². The summed E-state index contributed by atoms with van der Waals surface area (Å²) in [7, 11) is 1.58. The molecular weight excluding hydrogens is 404 g/mol. The third kappa shape index (κ3) is 4.62.